The molecule has 1 aliphatic rings. The molecule has 1 aliphatic heterocycles. The molecule has 4 rings (SSSR count). The van der Waals surface area contributed by atoms with Gasteiger partial charge in [-0.2, -0.15) is 9.78 Å². The molecule has 1 aromatic carbocycles. The monoisotopic (exact) mass is 516 g/mol. The molecule has 0 bridgehead atoms. The van der Waals surface area contributed by atoms with Gasteiger partial charge in [-0.3, -0.25) is 9.79 Å². The summed E-state index contributed by atoms with van der Waals surface area (Å²) in [4.78, 5) is 19.4. The Balaban J connectivity index is 1.51. The average molecular weight is 517 g/mol. The maximum atomic E-state index is 12.9. The summed E-state index contributed by atoms with van der Waals surface area (Å²) in [7, 11) is 0. The largest absolute Gasteiger partial charge is 0.507 e. The third kappa shape index (κ3) is 5.57. The highest BCUT2D eigenvalue weighted by Crippen LogP contribution is 2.28. The quantitative estimate of drug-likeness (QED) is 0.280. The minimum Gasteiger partial charge on any atom is -0.507 e. The molecule has 0 saturated heterocycles. The Morgan fingerprint density at radius 3 is 2.89 bits per heavy atom. The molecule has 35 heavy (non-hydrogen) atoms. The van der Waals surface area contributed by atoms with Crippen LogP contribution >= 0.6 is 23.5 Å². The number of thioether (sulfide) groups is 2. The summed E-state index contributed by atoms with van der Waals surface area (Å²) in [6, 6.07) is 5.28. The van der Waals surface area contributed by atoms with Crippen LogP contribution in [0.3, 0.4) is 0 Å². The Morgan fingerprint density at radius 1 is 1.40 bits per heavy atom. The van der Waals surface area contributed by atoms with Gasteiger partial charge in [0.2, 0.25) is 11.6 Å². The first-order valence-electron chi connectivity index (χ1n) is 10.8. The summed E-state index contributed by atoms with van der Waals surface area (Å²) in [6.07, 6.45) is 1.36. The van der Waals surface area contributed by atoms with Crippen molar-refractivity contribution in [1.29, 1.82) is 0 Å². The van der Waals surface area contributed by atoms with Crippen molar-refractivity contribution in [2.75, 3.05) is 36.0 Å². The standard InChI is InChI=1S/C20H24N10O3S2/c1-3-29(4-2)13-6-5-12(15(31)9-13)10-23-25-19(32)16-14(11-35-20-22-7-8-34-20)30(28-24-16)18-17(21)26-33-27-18/h5-6,9-10,31H,3-4,7-8,11H2,1-2H3,(H2,21,26)(H,25,32). The van der Waals surface area contributed by atoms with Gasteiger partial charge in [-0.25, -0.2) is 10.1 Å². The lowest BCUT2D eigenvalue weighted by molar-refractivity contribution is 0.0949. The van der Waals surface area contributed by atoms with Crippen molar-refractivity contribution in [3.63, 3.8) is 0 Å². The van der Waals surface area contributed by atoms with E-state index >= 15 is 0 Å². The number of phenolic OH excluding ortho intramolecular Hbond substituents is 1. The van der Waals surface area contributed by atoms with E-state index in [-0.39, 0.29) is 23.1 Å². The predicted octanol–water partition coefficient (Wildman–Crippen LogP) is 1.88. The van der Waals surface area contributed by atoms with E-state index in [2.05, 4.69) is 45.7 Å². The summed E-state index contributed by atoms with van der Waals surface area (Å²) in [5, 5.41) is 29.7. The Hall–Kier alpha value is -3.59. The molecule has 0 saturated carbocycles. The van der Waals surface area contributed by atoms with E-state index in [0.29, 0.717) is 17.0 Å². The van der Waals surface area contributed by atoms with Crippen LogP contribution in [-0.2, 0) is 5.75 Å². The second-order valence-corrected chi connectivity index (χ2v) is 9.48. The molecule has 0 aliphatic carbocycles. The van der Waals surface area contributed by atoms with Gasteiger partial charge in [-0.1, -0.05) is 28.7 Å². The zero-order valence-corrected chi connectivity index (χ0v) is 20.7. The number of hydrogen-bond donors (Lipinski definition) is 3. The highest BCUT2D eigenvalue weighted by atomic mass is 32.2. The maximum Gasteiger partial charge on any atom is 0.293 e. The minimum atomic E-state index is -0.585. The number of carbonyl (C=O) groups excluding carboxylic acids is 1. The van der Waals surface area contributed by atoms with Crippen LogP contribution in [0.1, 0.15) is 35.6 Å². The first-order chi connectivity index (χ1) is 17.0. The number of nitrogen functional groups attached to an aromatic ring is 1. The number of nitrogens with one attached hydrogen (secondary N) is 1. The first kappa shape index (κ1) is 24.5. The van der Waals surface area contributed by atoms with Crippen LogP contribution in [0.15, 0.2) is 32.9 Å². The Labute approximate surface area is 209 Å². The molecule has 15 heteroatoms. The molecule has 184 valence electrons. The number of hydrogen-bond acceptors (Lipinski definition) is 13. The van der Waals surface area contributed by atoms with Crippen LogP contribution in [0.4, 0.5) is 11.5 Å². The van der Waals surface area contributed by atoms with Crippen LogP contribution in [0.25, 0.3) is 5.82 Å². The lowest BCUT2D eigenvalue weighted by Gasteiger charge is -2.21. The van der Waals surface area contributed by atoms with Gasteiger partial charge >= 0.3 is 0 Å². The molecule has 0 atom stereocenters. The number of nitrogens with zero attached hydrogens (tertiary/aromatic N) is 8. The minimum absolute atomic E-state index is 0.0161. The normalized spacial score (nSPS) is 13.4. The summed E-state index contributed by atoms with van der Waals surface area (Å²) in [5.41, 5.74) is 10.1. The molecule has 3 heterocycles. The van der Waals surface area contributed by atoms with Crippen molar-refractivity contribution in [2.24, 2.45) is 10.1 Å². The summed E-state index contributed by atoms with van der Waals surface area (Å²) >= 11 is 3.10. The second-order valence-electron chi connectivity index (χ2n) is 7.17. The van der Waals surface area contributed by atoms with Crippen LogP contribution in [-0.4, -0.2) is 72.3 Å². The SMILES string of the molecule is CCN(CC)c1ccc(C=NNC(=O)c2nnn(-c3nonc3N)c2CSC2=NCCS2)c(O)c1. The molecule has 0 radical (unpaired) electrons. The molecule has 2 aromatic heterocycles. The summed E-state index contributed by atoms with van der Waals surface area (Å²) in [6.45, 7) is 6.49. The number of aromatic hydroxyl groups is 1. The molecule has 0 fully saturated rings. The van der Waals surface area contributed by atoms with Gasteiger partial charge < -0.3 is 15.7 Å². The van der Waals surface area contributed by atoms with Crippen LogP contribution in [0, 0.1) is 0 Å². The van der Waals surface area contributed by atoms with Gasteiger partial charge in [-0.05, 0) is 36.3 Å². The van der Waals surface area contributed by atoms with E-state index in [4.69, 9.17) is 5.73 Å². The van der Waals surface area contributed by atoms with Crippen LogP contribution in [0.2, 0.25) is 0 Å². The van der Waals surface area contributed by atoms with E-state index in [9.17, 15) is 9.90 Å². The third-order valence-corrected chi connectivity index (χ3v) is 7.34. The van der Waals surface area contributed by atoms with Crippen molar-refractivity contribution in [3.8, 4) is 11.6 Å². The highest BCUT2D eigenvalue weighted by molar-refractivity contribution is 8.38. The number of nitrogens with two attached hydrogens (primary N) is 1. The molecule has 1 amide bonds. The number of anilines is 2. The lowest BCUT2D eigenvalue weighted by Crippen LogP contribution is -2.21. The van der Waals surface area contributed by atoms with Crippen molar-refractivity contribution < 1.29 is 14.5 Å². The van der Waals surface area contributed by atoms with Gasteiger partial charge in [0.1, 0.15) is 10.1 Å². The molecule has 3 aromatic rings. The van der Waals surface area contributed by atoms with Gasteiger partial charge in [0.15, 0.2) is 5.69 Å². The summed E-state index contributed by atoms with van der Waals surface area (Å²) < 4.78 is 6.89. The van der Waals surface area contributed by atoms with E-state index in [1.807, 2.05) is 19.9 Å². The summed E-state index contributed by atoms with van der Waals surface area (Å²) in [5.74, 6) is 0.880. The number of rotatable bonds is 9. The fraction of sp³-hybridized carbons (Fsp3) is 0.350. The number of aromatic nitrogens is 5. The second kappa shape index (κ2) is 11.2. The molecule has 0 spiro atoms. The zero-order valence-electron chi connectivity index (χ0n) is 19.1. The lowest BCUT2D eigenvalue weighted by atomic mass is 10.2. The van der Waals surface area contributed by atoms with Gasteiger partial charge in [0, 0.05) is 41.9 Å². The maximum absolute atomic E-state index is 12.9. The van der Waals surface area contributed by atoms with Gasteiger partial charge in [0.25, 0.3) is 5.91 Å². The Bertz CT molecular complexity index is 1250. The third-order valence-electron chi connectivity index (χ3n) is 5.08. The van der Waals surface area contributed by atoms with E-state index in [1.165, 1.54) is 22.7 Å². The zero-order chi connectivity index (χ0) is 24.8. The number of amides is 1. The van der Waals surface area contributed by atoms with Crippen molar-refractivity contribution in [2.45, 2.75) is 19.6 Å². The van der Waals surface area contributed by atoms with Crippen molar-refractivity contribution in [1.82, 2.24) is 30.7 Å². The highest BCUT2D eigenvalue weighted by Gasteiger charge is 2.24. The molecule has 0 unspecified atom stereocenters. The number of hydrazone groups is 1. The average Bonchev–Trinajstić information content (AvgIpc) is 3.60. The van der Waals surface area contributed by atoms with Crippen LogP contribution < -0.4 is 16.1 Å². The van der Waals surface area contributed by atoms with E-state index in [1.54, 1.807) is 23.9 Å². The molecular formula is C20H24N10O3S2. The van der Waals surface area contributed by atoms with Gasteiger partial charge in [-0.15, -0.1) is 5.10 Å². The number of benzene rings is 1. The van der Waals surface area contributed by atoms with E-state index < -0.39 is 5.91 Å². The van der Waals surface area contributed by atoms with E-state index in [0.717, 1.165) is 35.5 Å². The Morgan fingerprint density at radius 2 is 2.23 bits per heavy atom. The van der Waals surface area contributed by atoms with Crippen LogP contribution in [0.5, 0.6) is 5.75 Å². The smallest absolute Gasteiger partial charge is 0.293 e. The van der Waals surface area contributed by atoms with Gasteiger partial charge in [0.05, 0.1) is 18.5 Å². The van der Waals surface area contributed by atoms with Crippen molar-refractivity contribution in [3.05, 3.63) is 35.2 Å². The topological polar surface area (TPSA) is 173 Å². The number of carbonyl (C=O) groups is 1. The fourth-order valence-electron chi connectivity index (χ4n) is 3.29. The van der Waals surface area contributed by atoms with Crippen molar-refractivity contribution >= 4 is 51.5 Å². The molecule has 13 nitrogen and oxygen atoms in total. The Kier molecular flexibility index (Phi) is 7.87. The first-order valence-corrected chi connectivity index (χ1v) is 12.7. The number of aliphatic imine (C=N–C) groups is 1. The fourth-order valence-corrected chi connectivity index (χ4v) is 5.29. The predicted molar refractivity (Wildman–Crippen MR) is 136 cm³/mol. The molecule has 4 N–H and O–H groups in total. The number of phenols is 1. The molecular weight excluding hydrogens is 492 g/mol.